The number of piperidine rings is 1. The van der Waals surface area contributed by atoms with Crippen molar-refractivity contribution in [3.05, 3.63) is 57.6 Å². The number of hydrogen-bond donors (Lipinski definition) is 0. The number of nitrogens with zero attached hydrogens (tertiary/aromatic N) is 1. The topological polar surface area (TPSA) is 12.5 Å². The molecule has 0 N–H and O–H groups in total. The molecule has 3 fully saturated rings. The summed E-state index contributed by atoms with van der Waals surface area (Å²) in [4.78, 5) is 2.75. The summed E-state index contributed by atoms with van der Waals surface area (Å²) in [6.45, 7) is 16.3. The van der Waals surface area contributed by atoms with E-state index in [0.717, 1.165) is 0 Å². The summed E-state index contributed by atoms with van der Waals surface area (Å²) in [6, 6.07) is 11.5. The SMILES string of the molecule is Cc1cc(C)c([Si]2(c3c(C)cc(C)cc3C)C[C@H]3CN4CCCC[C@@H]4[C@H]3O2)c(C)c1. The fourth-order valence-electron chi connectivity index (χ4n) is 7.42. The summed E-state index contributed by atoms with van der Waals surface area (Å²) in [5.41, 5.74) is 8.51. The molecule has 2 aromatic rings. The first kappa shape index (κ1) is 20.5. The van der Waals surface area contributed by atoms with Crippen LogP contribution < -0.4 is 10.4 Å². The largest absolute Gasteiger partial charge is 0.403 e. The van der Waals surface area contributed by atoms with Crippen LogP contribution in [0.2, 0.25) is 6.04 Å². The zero-order chi connectivity index (χ0) is 21.2. The van der Waals surface area contributed by atoms with Gasteiger partial charge in [-0.1, -0.05) is 41.8 Å². The van der Waals surface area contributed by atoms with Crippen molar-refractivity contribution in [2.75, 3.05) is 13.1 Å². The van der Waals surface area contributed by atoms with Crippen LogP contribution in [0, 0.1) is 47.5 Å². The van der Waals surface area contributed by atoms with Gasteiger partial charge >= 0.3 is 0 Å². The summed E-state index contributed by atoms with van der Waals surface area (Å²) < 4.78 is 7.51. The number of hydrogen-bond acceptors (Lipinski definition) is 2. The van der Waals surface area contributed by atoms with Gasteiger partial charge in [0.05, 0.1) is 6.10 Å². The van der Waals surface area contributed by atoms with Crippen molar-refractivity contribution in [3.8, 4) is 0 Å². The first-order chi connectivity index (χ1) is 14.3. The molecule has 3 atom stereocenters. The lowest BCUT2D eigenvalue weighted by atomic mass is 9.97. The quantitative estimate of drug-likeness (QED) is 0.666. The molecule has 0 saturated carbocycles. The first-order valence-corrected chi connectivity index (χ1v) is 14.0. The Balaban J connectivity index is 1.70. The fourth-order valence-corrected chi connectivity index (χ4v) is 13.2. The minimum Gasteiger partial charge on any atom is -0.403 e. The van der Waals surface area contributed by atoms with Crippen molar-refractivity contribution >= 4 is 18.7 Å². The van der Waals surface area contributed by atoms with Crippen molar-refractivity contribution in [1.82, 2.24) is 4.90 Å². The molecule has 3 aliphatic rings. The van der Waals surface area contributed by atoms with Crippen molar-refractivity contribution in [3.63, 3.8) is 0 Å². The maximum atomic E-state index is 7.51. The van der Waals surface area contributed by atoms with Crippen LogP contribution in [0.15, 0.2) is 24.3 Å². The zero-order valence-corrected chi connectivity index (χ0v) is 20.6. The van der Waals surface area contributed by atoms with Crippen molar-refractivity contribution in [1.29, 1.82) is 0 Å². The minimum atomic E-state index is -2.31. The summed E-state index contributed by atoms with van der Waals surface area (Å²) in [5.74, 6) is 0.694. The lowest BCUT2D eigenvalue weighted by Crippen LogP contribution is -2.63. The maximum absolute atomic E-state index is 7.51. The van der Waals surface area contributed by atoms with Gasteiger partial charge < -0.3 is 4.43 Å². The molecule has 3 saturated heterocycles. The Hall–Kier alpha value is -1.42. The maximum Gasteiger partial charge on any atom is 0.257 e. The lowest BCUT2D eigenvalue weighted by Gasteiger charge is -2.38. The molecule has 0 radical (unpaired) electrons. The molecule has 2 nitrogen and oxygen atoms in total. The average Bonchev–Trinajstić information content (AvgIpc) is 3.15. The van der Waals surface area contributed by atoms with Crippen LogP contribution in [0.5, 0.6) is 0 Å². The molecular formula is C27H37NOSi. The summed E-state index contributed by atoms with van der Waals surface area (Å²) in [6.07, 6.45) is 4.49. The van der Waals surface area contributed by atoms with Gasteiger partial charge in [-0.3, -0.25) is 4.90 Å². The molecule has 0 bridgehead atoms. The Kier molecular flexibility index (Phi) is 5.00. The monoisotopic (exact) mass is 419 g/mol. The van der Waals surface area contributed by atoms with Crippen LogP contribution in [0.3, 0.4) is 0 Å². The second kappa shape index (κ2) is 7.32. The normalized spacial score (nSPS) is 27.9. The van der Waals surface area contributed by atoms with Gasteiger partial charge in [-0.05, 0) is 106 Å². The van der Waals surface area contributed by atoms with Gasteiger partial charge in [-0.25, -0.2) is 0 Å². The molecule has 0 spiro atoms. The zero-order valence-electron chi connectivity index (χ0n) is 19.6. The van der Waals surface area contributed by atoms with Crippen LogP contribution in [0.1, 0.15) is 52.6 Å². The standard InChI is InChI=1S/C27H37NOSi/c1-17-11-19(3)26(20(4)12-17)30(27-21(5)13-18(2)14-22(27)6)16-23-15-28-10-8-7-9-24(28)25(23)29-30/h11-14,23-25H,7-10,15-16H2,1-6H3/t23-,24-,25+/m1/s1. The van der Waals surface area contributed by atoms with Gasteiger partial charge in [0.2, 0.25) is 0 Å². The van der Waals surface area contributed by atoms with E-state index in [1.54, 1.807) is 10.4 Å². The molecule has 0 aliphatic carbocycles. The van der Waals surface area contributed by atoms with Gasteiger partial charge in [-0.15, -0.1) is 0 Å². The van der Waals surface area contributed by atoms with E-state index < -0.39 is 8.32 Å². The van der Waals surface area contributed by atoms with Gasteiger partial charge in [-0.2, -0.15) is 0 Å². The van der Waals surface area contributed by atoms with E-state index in [9.17, 15) is 0 Å². The van der Waals surface area contributed by atoms with E-state index >= 15 is 0 Å². The number of rotatable bonds is 2. The van der Waals surface area contributed by atoms with Crippen molar-refractivity contribution in [2.24, 2.45) is 5.92 Å². The molecular weight excluding hydrogens is 382 g/mol. The van der Waals surface area contributed by atoms with E-state index in [1.165, 1.54) is 71.8 Å². The molecule has 0 unspecified atom stereocenters. The Morgan fingerprint density at radius 3 is 1.87 bits per heavy atom. The van der Waals surface area contributed by atoms with Gasteiger partial charge in [0.1, 0.15) is 0 Å². The smallest absolute Gasteiger partial charge is 0.257 e. The first-order valence-electron chi connectivity index (χ1n) is 11.9. The Morgan fingerprint density at radius 1 is 0.800 bits per heavy atom. The fraction of sp³-hybridized carbons (Fsp3) is 0.556. The number of fused-ring (bicyclic) bond motifs is 3. The summed E-state index contributed by atoms with van der Waals surface area (Å²) >= 11 is 0. The highest BCUT2D eigenvalue weighted by Crippen LogP contribution is 2.45. The number of benzene rings is 2. The third kappa shape index (κ3) is 3.04. The second-order valence-corrected chi connectivity index (χ2v) is 13.8. The predicted octanol–water partition coefficient (Wildman–Crippen LogP) is 4.48. The Morgan fingerprint density at radius 2 is 1.33 bits per heavy atom. The highest BCUT2D eigenvalue weighted by Gasteiger charge is 2.59. The molecule has 3 heterocycles. The third-order valence-electron chi connectivity index (χ3n) is 8.03. The van der Waals surface area contributed by atoms with E-state index in [0.29, 0.717) is 18.1 Å². The molecule has 30 heavy (non-hydrogen) atoms. The second-order valence-electron chi connectivity index (χ2n) is 10.5. The van der Waals surface area contributed by atoms with E-state index in [2.05, 4.69) is 70.7 Å². The van der Waals surface area contributed by atoms with Crippen molar-refractivity contribution < 1.29 is 4.43 Å². The van der Waals surface area contributed by atoms with E-state index in [4.69, 9.17) is 4.43 Å². The van der Waals surface area contributed by atoms with Crippen LogP contribution in [-0.2, 0) is 4.43 Å². The minimum absolute atomic E-state index is 0.428. The molecule has 0 amide bonds. The van der Waals surface area contributed by atoms with Crippen molar-refractivity contribution in [2.45, 2.75) is 79.0 Å². The molecule has 160 valence electrons. The van der Waals surface area contributed by atoms with Crippen LogP contribution >= 0.6 is 0 Å². The molecule has 3 heteroatoms. The van der Waals surface area contributed by atoms with Crippen LogP contribution in [0.25, 0.3) is 0 Å². The predicted molar refractivity (Wildman–Crippen MR) is 129 cm³/mol. The highest BCUT2D eigenvalue weighted by atomic mass is 28.4. The van der Waals surface area contributed by atoms with Crippen LogP contribution in [-0.4, -0.2) is 38.5 Å². The van der Waals surface area contributed by atoms with E-state index in [-0.39, 0.29) is 0 Å². The summed E-state index contributed by atoms with van der Waals surface area (Å²) in [7, 11) is -2.31. The average molecular weight is 420 g/mol. The Labute approximate surface area is 183 Å². The lowest BCUT2D eigenvalue weighted by molar-refractivity contribution is 0.109. The molecule has 0 aromatic heterocycles. The van der Waals surface area contributed by atoms with Gasteiger partial charge in [0.15, 0.2) is 0 Å². The third-order valence-corrected chi connectivity index (χ3v) is 13.0. The molecule has 2 aromatic carbocycles. The van der Waals surface area contributed by atoms with E-state index in [1.807, 2.05) is 0 Å². The highest BCUT2D eigenvalue weighted by molar-refractivity contribution is 6.99. The summed E-state index contributed by atoms with van der Waals surface area (Å²) in [5, 5.41) is 3.14. The molecule has 5 rings (SSSR count). The molecule has 3 aliphatic heterocycles. The Bertz CT molecular complexity index is 893. The van der Waals surface area contributed by atoms with Crippen LogP contribution in [0.4, 0.5) is 0 Å². The number of aryl methyl sites for hydroxylation is 6. The van der Waals surface area contributed by atoms with Gasteiger partial charge in [0, 0.05) is 12.6 Å². The van der Waals surface area contributed by atoms with Gasteiger partial charge in [0.25, 0.3) is 8.32 Å².